The number of hydrogen-bond acceptors (Lipinski definition) is 0. The molecule has 0 aliphatic heterocycles. The Kier molecular flexibility index (Phi) is 22.3. The van der Waals surface area contributed by atoms with E-state index in [0.717, 1.165) is 25.7 Å². The molecular weight excluding hydrogens is 339 g/mol. The molecule has 112 valence electrons. The fourth-order valence-electron chi connectivity index (χ4n) is 1.39. The van der Waals surface area contributed by atoms with Crippen LogP contribution in [0, 0.1) is 12.2 Å². The van der Waals surface area contributed by atoms with Crippen LogP contribution in [0.5, 0.6) is 0 Å². The Morgan fingerprint density at radius 3 is 1.35 bits per heavy atom. The van der Waals surface area contributed by atoms with E-state index in [2.05, 4.69) is 82.6 Å². The third-order valence-electron chi connectivity index (χ3n) is 2.29. The minimum Gasteiger partial charge on any atom is -1.00 e. The molecule has 0 radical (unpaired) electrons. The molecule has 0 unspecified atom stereocenters. The van der Waals surface area contributed by atoms with Gasteiger partial charge in [-0.1, -0.05) is 26.7 Å². The van der Waals surface area contributed by atoms with Crippen molar-refractivity contribution in [3.8, 4) is 0 Å². The molecule has 0 spiro atoms. The van der Waals surface area contributed by atoms with Gasteiger partial charge in [0.1, 0.15) is 0 Å². The first-order valence-corrected chi connectivity index (χ1v) is 11.5. The molecular formula is C16H24Cl2SiTi-2. The average Bonchev–Trinajstić information content (AvgIpc) is 3.02. The fourth-order valence-corrected chi connectivity index (χ4v) is 1.39. The maximum Gasteiger partial charge on any atom is -1.00 e. The van der Waals surface area contributed by atoms with Crippen molar-refractivity contribution in [3.63, 3.8) is 0 Å². The quantitative estimate of drug-likeness (QED) is 0.435. The van der Waals surface area contributed by atoms with E-state index in [9.17, 15) is 0 Å². The zero-order valence-corrected chi connectivity index (χ0v) is 17.0. The van der Waals surface area contributed by atoms with Gasteiger partial charge in [0.2, 0.25) is 0 Å². The smallest absolute Gasteiger partial charge is 1.00 e. The van der Waals surface area contributed by atoms with Gasteiger partial charge in [-0.3, -0.25) is 12.2 Å². The molecule has 4 heteroatoms. The topological polar surface area (TPSA) is 0 Å². The van der Waals surface area contributed by atoms with Crippen molar-refractivity contribution in [2.45, 2.75) is 52.6 Å². The van der Waals surface area contributed by atoms with Gasteiger partial charge >= 0.3 is 38.5 Å². The maximum atomic E-state index is 3.21. The molecule has 20 heavy (non-hydrogen) atoms. The monoisotopic (exact) mass is 362 g/mol. The predicted octanol–water partition coefficient (Wildman–Crippen LogP) is -1.04. The van der Waals surface area contributed by atoms with E-state index < -0.39 is 0 Å². The summed E-state index contributed by atoms with van der Waals surface area (Å²) < 4.78 is 0. The Balaban J connectivity index is -0.000000215. The van der Waals surface area contributed by atoms with E-state index in [1.807, 2.05) is 0 Å². The molecule has 0 aromatic heterocycles. The molecule has 0 nitrogen and oxygen atoms in total. The van der Waals surface area contributed by atoms with Gasteiger partial charge in [0.15, 0.2) is 0 Å². The third kappa shape index (κ3) is 16.5. The Bertz CT molecular complexity index is 335. The van der Waals surface area contributed by atoms with Gasteiger partial charge in [0, 0.05) is 0 Å². The minimum absolute atomic E-state index is 0. The molecule has 0 fully saturated rings. The van der Waals surface area contributed by atoms with Crippen LogP contribution in [0.4, 0.5) is 0 Å². The Labute approximate surface area is 149 Å². The van der Waals surface area contributed by atoms with E-state index in [1.54, 1.807) is 0 Å². The first kappa shape index (κ1) is 25.4. The van der Waals surface area contributed by atoms with Gasteiger partial charge in [0.25, 0.3) is 0 Å². The summed E-state index contributed by atoms with van der Waals surface area (Å²) in [5.41, 5.74) is 2.72. The molecule has 2 aliphatic rings. The zero-order chi connectivity index (χ0) is 13.8. The first-order valence-electron chi connectivity index (χ1n) is 6.64. The van der Waals surface area contributed by atoms with Crippen molar-refractivity contribution >= 4 is 6.19 Å². The second kappa shape index (κ2) is 17.5. The van der Waals surface area contributed by atoms with E-state index in [4.69, 9.17) is 0 Å². The van der Waals surface area contributed by atoms with Gasteiger partial charge in [-0.2, -0.15) is 12.2 Å². The van der Waals surface area contributed by atoms with Crippen LogP contribution in [0.25, 0.3) is 0 Å². The SMILES string of the molecule is CCC1=[C-]CC=C1.CCC1=[C-]CC=C1.C[Si](C)=[Ti+2].[Cl-].[Cl-]. The van der Waals surface area contributed by atoms with Crippen molar-refractivity contribution in [1.29, 1.82) is 0 Å². The normalized spacial score (nSPS) is 13.7. The summed E-state index contributed by atoms with van der Waals surface area (Å²) in [5, 5.41) is 0. The summed E-state index contributed by atoms with van der Waals surface area (Å²) >= 11 is 2.27. The van der Waals surface area contributed by atoms with Gasteiger partial charge < -0.3 is 24.8 Å². The predicted molar refractivity (Wildman–Crippen MR) is 79.1 cm³/mol. The number of allylic oxidation sites excluding steroid dienone is 8. The second-order valence-electron chi connectivity index (χ2n) is 4.32. The van der Waals surface area contributed by atoms with Crippen LogP contribution < -0.4 is 24.8 Å². The van der Waals surface area contributed by atoms with Crippen LogP contribution in [-0.2, 0) is 19.2 Å². The average molecular weight is 363 g/mol. The minimum atomic E-state index is 0. The molecule has 0 saturated heterocycles. The molecule has 2 rings (SSSR count). The van der Waals surface area contributed by atoms with Crippen molar-refractivity contribution in [2.75, 3.05) is 0 Å². The van der Waals surface area contributed by atoms with Crippen LogP contribution in [0.2, 0.25) is 13.1 Å². The summed E-state index contributed by atoms with van der Waals surface area (Å²) in [6.07, 6.45) is 19.4. The van der Waals surface area contributed by atoms with E-state index in [0.29, 0.717) is 0 Å². The van der Waals surface area contributed by atoms with Crippen LogP contribution in [-0.4, -0.2) is 6.19 Å². The standard InChI is InChI=1S/2C7H9.C2H6Si.2ClH.Ti/c2*1-2-7-5-3-4-6-7;1-3-2;;;/h2*3,5H,2,4H2,1H3;1-2H3;2*1H;/q2*-1;;;;+2/p-2. The Morgan fingerprint density at radius 1 is 0.950 bits per heavy atom. The summed E-state index contributed by atoms with van der Waals surface area (Å²) in [4.78, 5) is 0. The largest absolute Gasteiger partial charge is 1.00 e. The van der Waals surface area contributed by atoms with Gasteiger partial charge in [-0.25, -0.2) is 23.3 Å². The van der Waals surface area contributed by atoms with Crippen LogP contribution in [0.1, 0.15) is 39.5 Å². The summed E-state index contributed by atoms with van der Waals surface area (Å²) in [7, 11) is 0. The molecule has 0 bridgehead atoms. The van der Waals surface area contributed by atoms with E-state index >= 15 is 0 Å². The molecule has 2 aliphatic carbocycles. The van der Waals surface area contributed by atoms with E-state index in [1.165, 1.54) is 11.1 Å². The second-order valence-corrected chi connectivity index (χ2v) is 11.0. The van der Waals surface area contributed by atoms with Gasteiger partial charge in [-0.15, -0.1) is 12.8 Å². The van der Waals surface area contributed by atoms with Crippen molar-refractivity contribution in [3.05, 3.63) is 47.6 Å². The Hall–Kier alpha value is 0.471. The molecule has 0 atom stereocenters. The first-order chi connectivity index (χ1) is 8.60. The van der Waals surface area contributed by atoms with Crippen molar-refractivity contribution in [1.82, 2.24) is 0 Å². The van der Waals surface area contributed by atoms with Gasteiger partial charge in [-0.05, 0) is 0 Å². The van der Waals surface area contributed by atoms with E-state index in [-0.39, 0.29) is 31.0 Å². The fraction of sp³-hybridized carbons (Fsp3) is 0.500. The summed E-state index contributed by atoms with van der Waals surface area (Å²) in [5.74, 6) is 0. The van der Waals surface area contributed by atoms with Gasteiger partial charge in [0.05, 0.1) is 0 Å². The molecule has 0 saturated carbocycles. The number of halogens is 2. The Morgan fingerprint density at radius 2 is 1.25 bits per heavy atom. The van der Waals surface area contributed by atoms with Crippen LogP contribution >= 0.6 is 0 Å². The number of hydrogen-bond donors (Lipinski definition) is 0. The maximum absolute atomic E-state index is 3.21. The molecule has 0 aromatic carbocycles. The molecule has 0 N–H and O–H groups in total. The molecule has 0 amide bonds. The third-order valence-corrected chi connectivity index (χ3v) is 2.29. The van der Waals surface area contributed by atoms with Crippen molar-refractivity contribution in [2.24, 2.45) is 0 Å². The molecule has 0 heterocycles. The summed E-state index contributed by atoms with van der Waals surface area (Å²) in [6, 6.07) is 0. The zero-order valence-electron chi connectivity index (χ0n) is 12.9. The van der Waals surface area contributed by atoms with Crippen LogP contribution in [0.3, 0.4) is 0 Å². The van der Waals surface area contributed by atoms with Crippen LogP contribution in [0.15, 0.2) is 35.5 Å². The van der Waals surface area contributed by atoms with Crippen molar-refractivity contribution < 1.29 is 44.0 Å². The molecule has 0 aromatic rings. The summed E-state index contributed by atoms with van der Waals surface area (Å²) in [6.45, 7) is 8.84. The number of rotatable bonds is 2.